The van der Waals surface area contributed by atoms with Crippen molar-refractivity contribution in [3.05, 3.63) is 112 Å². The van der Waals surface area contributed by atoms with Crippen LogP contribution in [-0.2, 0) is 35.4 Å². The maximum atomic E-state index is 14.1. The third-order valence-electron chi connectivity index (χ3n) is 9.62. The van der Waals surface area contributed by atoms with Gasteiger partial charge in [-0.1, -0.05) is 50.6 Å². The van der Waals surface area contributed by atoms with Crippen LogP contribution in [0.25, 0.3) is 21.9 Å². The van der Waals surface area contributed by atoms with Crippen LogP contribution >= 0.6 is 11.6 Å². The molecule has 310 valence electrons. The number of pyridine rings is 1. The molecule has 6 aromatic rings. The number of nitrogens with one attached hydrogen (secondary N) is 2. The van der Waals surface area contributed by atoms with Crippen molar-refractivity contribution >= 4 is 45.6 Å². The largest absolute Gasteiger partial charge is 0.473 e. The molecule has 0 aliphatic carbocycles. The zero-order valence-electron chi connectivity index (χ0n) is 33.4. The molecule has 1 unspecified atom stereocenters. The highest BCUT2D eigenvalue weighted by molar-refractivity contribution is 6.30. The van der Waals surface area contributed by atoms with E-state index >= 15 is 0 Å². The first-order valence-corrected chi connectivity index (χ1v) is 19.9. The first kappa shape index (κ1) is 44.1. The molecule has 58 heavy (non-hydrogen) atoms. The number of anilines is 1. The van der Waals surface area contributed by atoms with Crippen LogP contribution in [0, 0.1) is 12.7 Å². The van der Waals surface area contributed by atoms with Gasteiger partial charge in [-0.05, 0) is 94.2 Å². The SMILES string of the molecule is CC.CCCOC(C)Cn1c(CN2CCC(c3cccc(OCc4ccc(Cl)cc4F)n3)CC2)nc2cc(C)ccc21.O=CNc1cc(C(F)(F)F)c2[nH]ncc2c1. The molecule has 15 heteroatoms. The molecule has 3 aromatic heterocycles. The molecule has 10 nitrogen and oxygen atoms in total. The highest BCUT2D eigenvalue weighted by atomic mass is 35.5. The number of fused-ring (bicyclic) bond motifs is 2. The zero-order chi connectivity index (χ0) is 41.8. The highest BCUT2D eigenvalue weighted by Gasteiger charge is 2.34. The number of carbonyl (C=O) groups excluding carboxylic acids is 1. The minimum atomic E-state index is -4.49. The van der Waals surface area contributed by atoms with Gasteiger partial charge in [0.25, 0.3) is 0 Å². The second kappa shape index (κ2) is 20.6. The molecule has 0 spiro atoms. The number of aromatic nitrogens is 5. The number of rotatable bonds is 13. The fourth-order valence-corrected chi connectivity index (χ4v) is 6.95. The quantitative estimate of drug-likeness (QED) is 0.0881. The Bertz CT molecular complexity index is 2250. The number of nitrogens with zero attached hydrogens (tertiary/aromatic N) is 5. The van der Waals surface area contributed by atoms with Crippen molar-refractivity contribution in [3.8, 4) is 5.88 Å². The van der Waals surface area contributed by atoms with Gasteiger partial charge >= 0.3 is 6.18 Å². The van der Waals surface area contributed by atoms with E-state index in [1.165, 1.54) is 29.4 Å². The minimum absolute atomic E-state index is 0.0798. The number of likely N-dealkylation sites (tertiary alicyclic amines) is 1. The number of carbonyl (C=O) groups is 1. The summed E-state index contributed by atoms with van der Waals surface area (Å²) in [6.07, 6.45) is 0.253. The van der Waals surface area contributed by atoms with Gasteiger partial charge in [0.1, 0.15) is 18.2 Å². The number of benzene rings is 3. The number of aromatic amines is 1. The monoisotopic (exact) mass is 823 g/mol. The molecular formula is C43H50ClF4N7O3. The van der Waals surface area contributed by atoms with E-state index in [1.54, 1.807) is 12.1 Å². The second-order valence-corrected chi connectivity index (χ2v) is 14.3. The van der Waals surface area contributed by atoms with Crippen molar-refractivity contribution in [2.75, 3.05) is 25.0 Å². The molecule has 0 saturated carbocycles. The Morgan fingerprint density at radius 3 is 2.53 bits per heavy atom. The first-order valence-electron chi connectivity index (χ1n) is 19.5. The lowest BCUT2D eigenvalue weighted by atomic mass is 9.93. The summed E-state index contributed by atoms with van der Waals surface area (Å²) in [5, 5.41) is 8.66. The maximum absolute atomic E-state index is 14.1. The molecule has 7 rings (SSSR count). The Hall–Kier alpha value is -5.05. The predicted molar refractivity (Wildman–Crippen MR) is 220 cm³/mol. The summed E-state index contributed by atoms with van der Waals surface area (Å²) in [6.45, 7) is 14.8. The number of amides is 1. The Labute approximate surface area is 340 Å². The van der Waals surface area contributed by atoms with E-state index in [2.05, 4.69) is 70.0 Å². The van der Waals surface area contributed by atoms with Gasteiger partial charge < -0.3 is 19.4 Å². The zero-order valence-corrected chi connectivity index (χ0v) is 34.1. The molecule has 1 fully saturated rings. The van der Waals surface area contributed by atoms with E-state index in [4.69, 9.17) is 31.0 Å². The van der Waals surface area contributed by atoms with Crippen molar-refractivity contribution in [1.82, 2.24) is 29.6 Å². The fraction of sp³-hybridized carbons (Fsp3) is 0.395. The number of aryl methyl sites for hydroxylation is 1. The molecule has 1 saturated heterocycles. The van der Waals surface area contributed by atoms with E-state index in [0.717, 1.165) is 75.1 Å². The number of piperidine rings is 1. The van der Waals surface area contributed by atoms with Crippen LogP contribution in [0.3, 0.4) is 0 Å². The molecule has 3 aromatic carbocycles. The van der Waals surface area contributed by atoms with E-state index in [1.807, 2.05) is 26.0 Å². The number of hydrogen-bond donors (Lipinski definition) is 2. The summed E-state index contributed by atoms with van der Waals surface area (Å²) < 4.78 is 66.3. The van der Waals surface area contributed by atoms with Crippen LogP contribution in [0.4, 0.5) is 23.2 Å². The standard InChI is InChI=1S/C32H38ClFN4O2.C9H6F3N3O.C2H6/c1-4-16-39-23(3)19-38-30-11-8-22(2)17-29(30)35-31(38)20-37-14-12-24(13-15-37)28-6-5-7-32(36-28)40-21-25-9-10-26(33)18-27(25)34;10-9(11,12)7-2-6(13-4-16)1-5-3-14-15-8(5)7;1-2/h5-11,17-18,23-24H,4,12-16,19-21H2,1-3H3;1-4H,(H,13,16)(H,14,15);1-2H3. The fourth-order valence-electron chi connectivity index (χ4n) is 6.79. The van der Waals surface area contributed by atoms with Crippen LogP contribution in [-0.4, -0.2) is 61.8 Å². The van der Waals surface area contributed by atoms with Crippen molar-refractivity contribution in [2.24, 2.45) is 0 Å². The third-order valence-corrected chi connectivity index (χ3v) is 9.85. The first-order chi connectivity index (χ1) is 27.9. The Morgan fingerprint density at radius 1 is 1.05 bits per heavy atom. The van der Waals surface area contributed by atoms with Crippen LogP contribution < -0.4 is 10.1 Å². The van der Waals surface area contributed by atoms with Crippen molar-refractivity contribution in [3.63, 3.8) is 0 Å². The lowest BCUT2D eigenvalue weighted by Gasteiger charge is -2.31. The summed E-state index contributed by atoms with van der Waals surface area (Å²) >= 11 is 5.86. The van der Waals surface area contributed by atoms with E-state index in [9.17, 15) is 22.4 Å². The molecule has 0 bridgehead atoms. The number of hydrogen-bond acceptors (Lipinski definition) is 7. The minimum Gasteiger partial charge on any atom is -0.473 e. The molecule has 1 aliphatic rings. The van der Waals surface area contributed by atoms with Gasteiger partial charge in [0.15, 0.2) is 0 Å². The number of ether oxygens (including phenoxy) is 2. The predicted octanol–water partition coefficient (Wildman–Crippen LogP) is 10.5. The van der Waals surface area contributed by atoms with Crippen molar-refractivity contribution in [1.29, 1.82) is 0 Å². The molecule has 4 heterocycles. The maximum Gasteiger partial charge on any atom is 0.418 e. The summed E-state index contributed by atoms with van der Waals surface area (Å²) in [6, 6.07) is 19.2. The Kier molecular flexibility index (Phi) is 15.6. The molecule has 0 radical (unpaired) electrons. The summed E-state index contributed by atoms with van der Waals surface area (Å²) in [5.74, 6) is 1.59. The van der Waals surface area contributed by atoms with Crippen LogP contribution in [0.1, 0.15) is 81.1 Å². The molecule has 1 aliphatic heterocycles. The van der Waals surface area contributed by atoms with Gasteiger partial charge in [-0.2, -0.15) is 18.3 Å². The smallest absolute Gasteiger partial charge is 0.418 e. The summed E-state index contributed by atoms with van der Waals surface area (Å²) in [4.78, 5) is 22.5. The number of halogens is 5. The van der Waals surface area contributed by atoms with E-state index in [0.29, 0.717) is 34.2 Å². The van der Waals surface area contributed by atoms with Crippen molar-refractivity contribution < 1.29 is 31.8 Å². The average Bonchev–Trinajstić information content (AvgIpc) is 3.81. The molecule has 1 atom stereocenters. The topological polar surface area (TPSA) is 110 Å². The number of H-pyrrole nitrogens is 1. The Morgan fingerprint density at radius 2 is 1.83 bits per heavy atom. The second-order valence-electron chi connectivity index (χ2n) is 13.9. The van der Waals surface area contributed by atoms with Gasteiger partial charge in [0.05, 0.1) is 47.5 Å². The lowest BCUT2D eigenvalue weighted by Crippen LogP contribution is -2.34. The highest BCUT2D eigenvalue weighted by Crippen LogP contribution is 2.36. The van der Waals surface area contributed by atoms with E-state index < -0.39 is 11.7 Å². The van der Waals surface area contributed by atoms with Crippen LogP contribution in [0.2, 0.25) is 5.02 Å². The average molecular weight is 824 g/mol. The van der Waals surface area contributed by atoms with Crippen LogP contribution in [0.15, 0.2) is 72.9 Å². The molecular weight excluding hydrogens is 774 g/mol. The Balaban J connectivity index is 0.000000296. The van der Waals surface area contributed by atoms with Gasteiger partial charge in [0, 0.05) is 45.9 Å². The molecule has 2 N–H and O–H groups in total. The molecule has 1 amide bonds. The number of alkyl halides is 3. The van der Waals surface area contributed by atoms with Gasteiger partial charge in [-0.15, -0.1) is 0 Å². The van der Waals surface area contributed by atoms with Gasteiger partial charge in [-0.3, -0.25) is 14.8 Å². The van der Waals surface area contributed by atoms with Crippen LogP contribution in [0.5, 0.6) is 5.88 Å². The van der Waals surface area contributed by atoms with Gasteiger partial charge in [-0.25, -0.2) is 14.4 Å². The van der Waals surface area contributed by atoms with Crippen molar-refractivity contribution in [2.45, 2.75) is 91.8 Å². The summed E-state index contributed by atoms with van der Waals surface area (Å²) in [7, 11) is 0. The van der Waals surface area contributed by atoms with Gasteiger partial charge in [0.2, 0.25) is 12.3 Å². The number of imidazole rings is 1. The third kappa shape index (κ3) is 11.5. The normalized spacial score (nSPS) is 14.0. The lowest BCUT2D eigenvalue weighted by molar-refractivity contribution is -0.136. The van der Waals surface area contributed by atoms with E-state index in [-0.39, 0.29) is 29.7 Å². The summed E-state index contributed by atoms with van der Waals surface area (Å²) in [5.41, 5.74) is 4.05.